The van der Waals surface area contributed by atoms with E-state index in [0.717, 1.165) is 31.2 Å². The van der Waals surface area contributed by atoms with E-state index in [-0.39, 0.29) is 5.91 Å². The molecule has 0 saturated heterocycles. The molecule has 2 aromatic carbocycles. The van der Waals surface area contributed by atoms with E-state index in [1.165, 1.54) is 0 Å². The molecule has 0 heterocycles. The number of hydrogen-bond acceptors (Lipinski definition) is 2. The van der Waals surface area contributed by atoms with Gasteiger partial charge in [0.05, 0.1) is 16.0 Å². The maximum absolute atomic E-state index is 13.0. The van der Waals surface area contributed by atoms with E-state index in [2.05, 4.69) is 5.32 Å². The van der Waals surface area contributed by atoms with Crippen LogP contribution in [0.2, 0.25) is 5.02 Å². The van der Waals surface area contributed by atoms with Gasteiger partial charge >= 0.3 is 0 Å². The average molecular weight is 325 g/mol. The van der Waals surface area contributed by atoms with Gasteiger partial charge in [0.15, 0.2) is 0 Å². The monoisotopic (exact) mass is 324 g/mol. The fourth-order valence-electron chi connectivity index (χ4n) is 3.32. The van der Waals surface area contributed by atoms with Crippen molar-refractivity contribution in [3.8, 4) is 6.07 Å². The number of rotatable bonds is 3. The maximum atomic E-state index is 13.0. The first-order valence-electron chi connectivity index (χ1n) is 7.72. The molecule has 3 nitrogen and oxygen atoms in total. The Kier molecular flexibility index (Phi) is 4.36. The standard InChI is InChI=1S/C19H17ClN2O/c20-17-12-16(9-8-14(17)13-21)22-18(23)19(10-4-5-11-19)15-6-2-1-3-7-15/h1-3,6-9,12H,4-5,10-11H2,(H,22,23). The van der Waals surface area contributed by atoms with Crippen LogP contribution in [0.15, 0.2) is 48.5 Å². The smallest absolute Gasteiger partial charge is 0.235 e. The molecule has 1 saturated carbocycles. The van der Waals surface area contributed by atoms with E-state index in [0.29, 0.717) is 16.3 Å². The van der Waals surface area contributed by atoms with Crippen LogP contribution in [0.25, 0.3) is 0 Å². The molecule has 23 heavy (non-hydrogen) atoms. The predicted octanol–water partition coefficient (Wildman–Crippen LogP) is 4.66. The summed E-state index contributed by atoms with van der Waals surface area (Å²) in [5.74, 6) is 0.00183. The highest BCUT2D eigenvalue weighted by atomic mass is 35.5. The number of anilines is 1. The zero-order chi connectivity index (χ0) is 16.3. The average Bonchev–Trinajstić information content (AvgIpc) is 3.07. The van der Waals surface area contributed by atoms with E-state index in [1.807, 2.05) is 36.4 Å². The van der Waals surface area contributed by atoms with E-state index < -0.39 is 5.41 Å². The lowest BCUT2D eigenvalue weighted by Gasteiger charge is -2.28. The molecule has 0 aliphatic heterocycles. The number of nitrogens with zero attached hydrogens (tertiary/aromatic N) is 1. The van der Waals surface area contributed by atoms with Crippen molar-refractivity contribution < 1.29 is 4.79 Å². The lowest BCUT2D eigenvalue weighted by atomic mass is 9.78. The van der Waals surface area contributed by atoms with Crippen molar-refractivity contribution in [2.24, 2.45) is 0 Å². The van der Waals surface area contributed by atoms with Gasteiger partial charge in [0, 0.05) is 5.69 Å². The van der Waals surface area contributed by atoms with Crippen LogP contribution in [0, 0.1) is 11.3 Å². The summed E-state index contributed by atoms with van der Waals surface area (Å²) in [6, 6.07) is 17.0. The molecule has 2 aromatic rings. The summed E-state index contributed by atoms with van der Waals surface area (Å²) in [7, 11) is 0. The van der Waals surface area contributed by atoms with E-state index in [1.54, 1.807) is 18.2 Å². The zero-order valence-electron chi connectivity index (χ0n) is 12.7. The summed E-state index contributed by atoms with van der Waals surface area (Å²) >= 11 is 6.05. The highest BCUT2D eigenvalue weighted by Gasteiger charge is 2.42. The highest BCUT2D eigenvalue weighted by molar-refractivity contribution is 6.32. The Bertz CT molecular complexity index is 759. The first kappa shape index (κ1) is 15.6. The third-order valence-corrected chi connectivity index (χ3v) is 4.88. The Labute approximate surface area is 140 Å². The number of nitriles is 1. The second-order valence-corrected chi connectivity index (χ2v) is 6.32. The summed E-state index contributed by atoms with van der Waals surface area (Å²) < 4.78 is 0. The van der Waals surface area contributed by atoms with Gasteiger partial charge in [-0.05, 0) is 36.6 Å². The third kappa shape index (κ3) is 2.95. The topological polar surface area (TPSA) is 52.9 Å². The summed E-state index contributed by atoms with van der Waals surface area (Å²) in [4.78, 5) is 13.0. The number of nitrogens with one attached hydrogen (secondary N) is 1. The Morgan fingerprint density at radius 2 is 1.83 bits per heavy atom. The lowest BCUT2D eigenvalue weighted by molar-refractivity contribution is -0.121. The molecule has 0 spiro atoms. The summed E-state index contributed by atoms with van der Waals surface area (Å²) in [5.41, 5.74) is 1.63. The van der Waals surface area contributed by atoms with Crippen LogP contribution in [0.5, 0.6) is 0 Å². The van der Waals surface area contributed by atoms with Crippen molar-refractivity contribution in [2.45, 2.75) is 31.1 Å². The molecule has 4 heteroatoms. The highest BCUT2D eigenvalue weighted by Crippen LogP contribution is 2.42. The number of amides is 1. The molecule has 0 aromatic heterocycles. The second kappa shape index (κ2) is 6.44. The molecular weight excluding hydrogens is 308 g/mol. The van der Waals surface area contributed by atoms with Gasteiger partial charge in [-0.25, -0.2) is 0 Å². The molecule has 1 aliphatic carbocycles. The van der Waals surface area contributed by atoms with Crippen LogP contribution >= 0.6 is 11.6 Å². The predicted molar refractivity (Wildman–Crippen MR) is 91.4 cm³/mol. The SMILES string of the molecule is N#Cc1ccc(NC(=O)C2(c3ccccc3)CCCC2)cc1Cl. The minimum absolute atomic E-state index is 0.00183. The Morgan fingerprint density at radius 3 is 2.43 bits per heavy atom. The zero-order valence-corrected chi connectivity index (χ0v) is 13.4. The summed E-state index contributed by atoms with van der Waals surface area (Å²) in [5, 5.41) is 12.3. The van der Waals surface area contributed by atoms with Crippen molar-refractivity contribution in [1.29, 1.82) is 5.26 Å². The van der Waals surface area contributed by atoms with Crippen LogP contribution in [0.4, 0.5) is 5.69 Å². The van der Waals surface area contributed by atoms with Crippen molar-refractivity contribution in [3.05, 3.63) is 64.7 Å². The lowest BCUT2D eigenvalue weighted by Crippen LogP contribution is -2.37. The van der Waals surface area contributed by atoms with Crippen molar-refractivity contribution >= 4 is 23.2 Å². The minimum atomic E-state index is -0.471. The maximum Gasteiger partial charge on any atom is 0.235 e. The van der Waals surface area contributed by atoms with Gasteiger partial charge < -0.3 is 5.32 Å². The van der Waals surface area contributed by atoms with Crippen molar-refractivity contribution in [2.75, 3.05) is 5.32 Å². The van der Waals surface area contributed by atoms with E-state index in [9.17, 15) is 4.79 Å². The number of halogens is 1. The van der Waals surface area contributed by atoms with Gasteiger partial charge in [-0.3, -0.25) is 4.79 Å². The minimum Gasteiger partial charge on any atom is -0.325 e. The van der Waals surface area contributed by atoms with E-state index >= 15 is 0 Å². The van der Waals surface area contributed by atoms with Crippen LogP contribution in [-0.4, -0.2) is 5.91 Å². The van der Waals surface area contributed by atoms with Crippen LogP contribution in [0.1, 0.15) is 36.8 Å². The fraction of sp³-hybridized carbons (Fsp3) is 0.263. The number of hydrogen-bond donors (Lipinski definition) is 1. The summed E-state index contributed by atoms with van der Waals surface area (Å²) in [6.07, 6.45) is 3.81. The molecule has 1 N–H and O–H groups in total. The summed E-state index contributed by atoms with van der Waals surface area (Å²) in [6.45, 7) is 0. The molecule has 1 amide bonds. The second-order valence-electron chi connectivity index (χ2n) is 5.92. The Hall–Kier alpha value is -2.31. The van der Waals surface area contributed by atoms with Crippen LogP contribution < -0.4 is 5.32 Å². The third-order valence-electron chi connectivity index (χ3n) is 4.57. The molecule has 1 aliphatic rings. The first-order chi connectivity index (χ1) is 11.2. The van der Waals surface area contributed by atoms with Gasteiger partial charge in [0.25, 0.3) is 0 Å². The van der Waals surface area contributed by atoms with Gasteiger partial charge in [0.2, 0.25) is 5.91 Å². The molecule has 0 unspecified atom stereocenters. The number of carbonyl (C=O) groups excluding carboxylic acids is 1. The van der Waals surface area contributed by atoms with Crippen molar-refractivity contribution in [3.63, 3.8) is 0 Å². The van der Waals surface area contributed by atoms with Gasteiger partial charge in [-0.15, -0.1) is 0 Å². The molecule has 116 valence electrons. The molecule has 0 radical (unpaired) electrons. The molecule has 0 bridgehead atoms. The molecule has 0 atom stereocenters. The quantitative estimate of drug-likeness (QED) is 0.892. The van der Waals surface area contributed by atoms with E-state index in [4.69, 9.17) is 16.9 Å². The van der Waals surface area contributed by atoms with Crippen molar-refractivity contribution in [1.82, 2.24) is 0 Å². The largest absolute Gasteiger partial charge is 0.325 e. The number of benzene rings is 2. The first-order valence-corrected chi connectivity index (χ1v) is 8.10. The number of carbonyl (C=O) groups is 1. The fourth-order valence-corrected chi connectivity index (χ4v) is 3.54. The molecule has 1 fully saturated rings. The van der Waals surface area contributed by atoms with Crippen LogP contribution in [0.3, 0.4) is 0 Å². The normalized spacial score (nSPS) is 15.8. The van der Waals surface area contributed by atoms with Crippen LogP contribution in [-0.2, 0) is 10.2 Å². The van der Waals surface area contributed by atoms with Gasteiger partial charge in [-0.2, -0.15) is 5.26 Å². The molecular formula is C19H17ClN2O. The van der Waals surface area contributed by atoms with Gasteiger partial charge in [-0.1, -0.05) is 54.8 Å². The Balaban J connectivity index is 1.89. The van der Waals surface area contributed by atoms with Gasteiger partial charge in [0.1, 0.15) is 6.07 Å². The Morgan fingerprint density at radius 1 is 1.13 bits per heavy atom. The molecule has 3 rings (SSSR count).